The summed E-state index contributed by atoms with van der Waals surface area (Å²) in [7, 11) is 0. The molecule has 2 heterocycles. The van der Waals surface area contributed by atoms with E-state index in [2.05, 4.69) is 121 Å². The average molecular weight is 469 g/mol. The predicted octanol–water partition coefficient (Wildman–Crippen LogP) is 8.37. The summed E-state index contributed by atoms with van der Waals surface area (Å²) in [5.41, 5.74) is 11.3. The number of hydrogen-bond acceptors (Lipinski definition) is 2. The van der Waals surface area contributed by atoms with Crippen LogP contribution in [0.1, 0.15) is 33.4 Å². The number of hydrogen-bond donors (Lipinski definition) is 0. The molecule has 0 amide bonds. The Bertz CT molecular complexity index is 1420. The highest BCUT2D eigenvalue weighted by molar-refractivity contribution is 8.10. The maximum Gasteiger partial charge on any atom is 0.0964 e. The second kappa shape index (κ2) is 6.69. The smallest absolute Gasteiger partial charge is 0.0964 e. The molecular formula is C32H20S2. The largest absolute Gasteiger partial charge is 0.104 e. The van der Waals surface area contributed by atoms with Gasteiger partial charge >= 0.3 is 0 Å². The van der Waals surface area contributed by atoms with Gasteiger partial charge in [0, 0.05) is 9.81 Å². The number of benzene rings is 4. The van der Waals surface area contributed by atoms with Gasteiger partial charge in [-0.25, -0.2) is 0 Å². The maximum absolute atomic E-state index is 2.49. The van der Waals surface area contributed by atoms with Crippen LogP contribution in [0.3, 0.4) is 0 Å². The normalized spacial score (nSPS) is 25.3. The van der Waals surface area contributed by atoms with Crippen LogP contribution >= 0.6 is 23.5 Å². The molecule has 0 N–H and O–H groups in total. The lowest BCUT2D eigenvalue weighted by Gasteiger charge is -2.52. The molecule has 0 aromatic heterocycles. The Morgan fingerprint density at radius 1 is 0.382 bits per heavy atom. The van der Waals surface area contributed by atoms with Crippen molar-refractivity contribution in [1.82, 2.24) is 0 Å². The molecule has 0 unspecified atom stereocenters. The molecule has 2 bridgehead atoms. The molecule has 2 aliphatic heterocycles. The lowest BCUT2D eigenvalue weighted by atomic mass is 9.60. The SMILES string of the molecule is C1=C(c2ccccc2)SC23C1=C1C=C(c4ccccc4)SC1(c1ccccc12)c1ccccc13. The zero-order valence-electron chi connectivity index (χ0n) is 18.4. The van der Waals surface area contributed by atoms with E-state index in [0.29, 0.717) is 0 Å². The van der Waals surface area contributed by atoms with E-state index in [1.807, 2.05) is 23.5 Å². The van der Waals surface area contributed by atoms with Crippen molar-refractivity contribution in [2.45, 2.75) is 9.49 Å². The van der Waals surface area contributed by atoms with Gasteiger partial charge in [0.2, 0.25) is 0 Å². The standard InChI is InChI=1S/C32H20S2/c1-3-11-21(12-4-1)29-19-27-28-20-30(22-13-5-2-6-14-22)34-32(28)25-17-9-7-15-23(25)31(27,33-29)24-16-8-10-18-26(24)32/h1-20H. The first-order valence-corrected chi connectivity index (χ1v) is 13.3. The molecule has 3 aliphatic carbocycles. The summed E-state index contributed by atoms with van der Waals surface area (Å²) in [4.78, 5) is 2.72. The Balaban J connectivity index is 1.49. The first-order chi connectivity index (χ1) is 16.8. The van der Waals surface area contributed by atoms with Crippen molar-refractivity contribution in [2.75, 3.05) is 0 Å². The van der Waals surface area contributed by atoms with E-state index in [0.717, 1.165) is 0 Å². The molecule has 0 radical (unpaired) electrons. The lowest BCUT2D eigenvalue weighted by molar-refractivity contribution is 0.694. The van der Waals surface area contributed by atoms with Crippen molar-refractivity contribution in [3.63, 3.8) is 0 Å². The van der Waals surface area contributed by atoms with Gasteiger partial charge in [-0.2, -0.15) is 0 Å². The number of thioether (sulfide) groups is 2. The second-order valence-corrected chi connectivity index (χ2v) is 11.7. The number of allylic oxidation sites excluding steroid dienone is 2. The van der Waals surface area contributed by atoms with Gasteiger partial charge in [0.15, 0.2) is 0 Å². The zero-order valence-corrected chi connectivity index (χ0v) is 20.0. The molecule has 5 aliphatic rings. The van der Waals surface area contributed by atoms with Crippen LogP contribution < -0.4 is 0 Å². The summed E-state index contributed by atoms with van der Waals surface area (Å²) < 4.78 is -0.392. The molecule has 2 spiro atoms. The molecule has 34 heavy (non-hydrogen) atoms. The van der Waals surface area contributed by atoms with Gasteiger partial charge in [-0.15, -0.1) is 23.5 Å². The Morgan fingerprint density at radius 3 is 1.06 bits per heavy atom. The molecular weight excluding hydrogens is 448 g/mol. The van der Waals surface area contributed by atoms with Crippen molar-refractivity contribution >= 4 is 33.3 Å². The maximum atomic E-state index is 2.49. The van der Waals surface area contributed by atoms with Crippen molar-refractivity contribution in [3.05, 3.63) is 166 Å². The van der Waals surface area contributed by atoms with E-state index in [4.69, 9.17) is 0 Å². The highest BCUT2D eigenvalue weighted by atomic mass is 32.2. The van der Waals surface area contributed by atoms with Gasteiger partial charge in [-0.1, -0.05) is 109 Å². The summed E-state index contributed by atoms with van der Waals surface area (Å²) in [6.45, 7) is 0. The van der Waals surface area contributed by atoms with E-state index < -0.39 is 0 Å². The topological polar surface area (TPSA) is 0 Å². The molecule has 0 fully saturated rings. The van der Waals surface area contributed by atoms with Gasteiger partial charge < -0.3 is 0 Å². The van der Waals surface area contributed by atoms with Crippen LogP contribution in [0, 0.1) is 0 Å². The minimum atomic E-state index is -0.196. The molecule has 0 saturated carbocycles. The summed E-state index contributed by atoms with van der Waals surface area (Å²) in [6, 6.07) is 40.1. The van der Waals surface area contributed by atoms with Crippen molar-refractivity contribution < 1.29 is 0 Å². The van der Waals surface area contributed by atoms with E-state index in [1.165, 1.54) is 54.3 Å². The van der Waals surface area contributed by atoms with Crippen LogP contribution in [0.5, 0.6) is 0 Å². The molecule has 4 aromatic rings. The number of rotatable bonds is 2. The van der Waals surface area contributed by atoms with Crippen LogP contribution in [0.2, 0.25) is 0 Å². The quantitative estimate of drug-likeness (QED) is 0.290. The van der Waals surface area contributed by atoms with E-state index in [9.17, 15) is 0 Å². The Kier molecular flexibility index (Phi) is 3.76. The summed E-state index contributed by atoms with van der Waals surface area (Å²) in [5.74, 6) is 0. The molecule has 4 aromatic carbocycles. The highest BCUT2D eigenvalue weighted by Crippen LogP contribution is 2.76. The fourth-order valence-corrected chi connectivity index (χ4v) is 9.50. The van der Waals surface area contributed by atoms with Crippen LogP contribution in [-0.2, 0) is 9.49 Å². The molecule has 9 rings (SSSR count). The van der Waals surface area contributed by atoms with Gasteiger partial charge in [0.05, 0.1) is 9.49 Å². The zero-order chi connectivity index (χ0) is 22.3. The van der Waals surface area contributed by atoms with E-state index in [1.54, 1.807) is 0 Å². The van der Waals surface area contributed by atoms with Crippen molar-refractivity contribution in [3.8, 4) is 0 Å². The molecule has 2 heteroatoms. The first kappa shape index (κ1) is 19.1. The Labute approximate surface area is 208 Å². The lowest BCUT2D eigenvalue weighted by Crippen LogP contribution is -2.45. The summed E-state index contributed by atoms with van der Waals surface area (Å²) in [6.07, 6.45) is 4.97. The third-order valence-electron chi connectivity index (χ3n) is 7.61. The average Bonchev–Trinajstić information content (AvgIpc) is 3.52. The third kappa shape index (κ3) is 2.19. The molecule has 0 saturated heterocycles. The first-order valence-electron chi connectivity index (χ1n) is 11.7. The predicted molar refractivity (Wildman–Crippen MR) is 145 cm³/mol. The van der Waals surface area contributed by atoms with Gasteiger partial charge in [-0.3, -0.25) is 0 Å². The van der Waals surface area contributed by atoms with Gasteiger partial charge in [-0.05, 0) is 56.7 Å². The minimum absolute atomic E-state index is 0.196. The van der Waals surface area contributed by atoms with Crippen molar-refractivity contribution in [1.29, 1.82) is 0 Å². The molecule has 0 nitrogen and oxygen atoms in total. The van der Waals surface area contributed by atoms with E-state index in [-0.39, 0.29) is 9.49 Å². The highest BCUT2D eigenvalue weighted by Gasteiger charge is 2.63. The Morgan fingerprint density at radius 2 is 0.706 bits per heavy atom. The minimum Gasteiger partial charge on any atom is -0.104 e. The van der Waals surface area contributed by atoms with Crippen molar-refractivity contribution in [2.24, 2.45) is 0 Å². The van der Waals surface area contributed by atoms with Crippen LogP contribution in [0.4, 0.5) is 0 Å². The fraction of sp³-hybridized carbons (Fsp3) is 0.0625. The Hall–Kier alpha value is -3.20. The second-order valence-electron chi connectivity index (χ2n) is 9.23. The summed E-state index contributed by atoms with van der Waals surface area (Å²) >= 11 is 4.05. The van der Waals surface area contributed by atoms with Gasteiger partial charge in [0.25, 0.3) is 0 Å². The van der Waals surface area contributed by atoms with Crippen LogP contribution in [0.25, 0.3) is 9.81 Å². The molecule has 160 valence electrons. The molecule has 0 atom stereocenters. The van der Waals surface area contributed by atoms with E-state index >= 15 is 0 Å². The fourth-order valence-electron chi connectivity index (χ4n) is 6.27. The monoisotopic (exact) mass is 468 g/mol. The van der Waals surface area contributed by atoms with Crippen LogP contribution in [-0.4, -0.2) is 0 Å². The summed E-state index contributed by atoms with van der Waals surface area (Å²) in [5, 5.41) is 0. The third-order valence-corrected chi connectivity index (χ3v) is 10.7. The van der Waals surface area contributed by atoms with Crippen LogP contribution in [0.15, 0.2) is 132 Å². The van der Waals surface area contributed by atoms with Gasteiger partial charge in [0.1, 0.15) is 0 Å².